The Kier molecular flexibility index (Phi) is 20.9. The molecule has 0 fully saturated rings. The minimum absolute atomic E-state index is 0. The van der Waals surface area contributed by atoms with Crippen molar-refractivity contribution in [3.63, 3.8) is 0 Å². The van der Waals surface area contributed by atoms with Gasteiger partial charge in [0.05, 0.1) is 0 Å². The van der Waals surface area contributed by atoms with Gasteiger partial charge >= 0.3 is 21.7 Å². The first-order valence-electron chi connectivity index (χ1n) is 18.6. The van der Waals surface area contributed by atoms with E-state index in [1.165, 1.54) is 24.3 Å². The molecule has 0 spiro atoms. The van der Waals surface area contributed by atoms with Gasteiger partial charge in [-0.3, -0.25) is 0 Å². The molecular weight excluding hydrogens is 704 g/mol. The average Bonchev–Trinajstić information content (AvgIpc) is 3.98. The van der Waals surface area contributed by atoms with E-state index >= 15 is 0 Å². The normalized spacial score (nSPS) is 11.5. The molecule has 0 aliphatic carbocycles. The molecule has 2 atom stereocenters. The number of aromatic nitrogens is 2. The smallest absolute Gasteiger partial charge is 0.369 e. The number of unbranched alkanes of at least 4 members (excludes halogenated alkanes) is 2. The van der Waals surface area contributed by atoms with Crippen molar-refractivity contribution < 1.29 is 39.3 Å². The van der Waals surface area contributed by atoms with Gasteiger partial charge < -0.3 is 9.13 Å². The third-order valence-corrected chi connectivity index (χ3v) is 9.12. The molecule has 0 radical (unpaired) electrons. The maximum Gasteiger partial charge on any atom is 4.00 e. The van der Waals surface area contributed by atoms with Crippen molar-refractivity contribution in [2.24, 2.45) is 0 Å². The van der Waals surface area contributed by atoms with Gasteiger partial charge in [-0.25, -0.2) is 41.8 Å². The molecule has 2 nitrogen and oxygen atoms in total. The van der Waals surface area contributed by atoms with Crippen molar-refractivity contribution in [3.8, 4) is 11.4 Å². The largest absolute Gasteiger partial charge is 4.00 e. The fraction of sp³-hybridized carbons (Fsp3) is 0.348. The Balaban J connectivity index is 0.000000285. The third-order valence-electron chi connectivity index (χ3n) is 9.12. The molecule has 0 saturated heterocycles. The summed E-state index contributed by atoms with van der Waals surface area (Å²) in [5.74, 6) is -1.82. The van der Waals surface area contributed by atoms with Crippen molar-refractivity contribution in [2.75, 3.05) is 0 Å². The zero-order valence-electron chi connectivity index (χ0n) is 32.1. The van der Waals surface area contributed by atoms with Crippen LogP contribution in [0, 0.1) is 49.2 Å². The van der Waals surface area contributed by atoms with Crippen molar-refractivity contribution in [2.45, 2.75) is 105 Å². The van der Waals surface area contributed by atoms with Crippen LogP contribution >= 0.6 is 0 Å². The van der Waals surface area contributed by atoms with E-state index in [4.69, 9.17) is 0 Å². The van der Waals surface area contributed by atoms with Gasteiger partial charge in [-0.15, -0.1) is 36.4 Å². The molecule has 0 aliphatic heterocycles. The summed E-state index contributed by atoms with van der Waals surface area (Å²) >= 11 is 0. The fourth-order valence-electron chi connectivity index (χ4n) is 6.29. The van der Waals surface area contributed by atoms with Crippen molar-refractivity contribution >= 4 is 0 Å². The molecular formula is C46H54F4N2Ti. The number of rotatable bonds is 12. The van der Waals surface area contributed by atoms with Crippen LogP contribution in [-0.2, 0) is 21.7 Å². The topological polar surface area (TPSA) is 9.86 Å². The van der Waals surface area contributed by atoms with E-state index in [1.54, 1.807) is 0 Å². The van der Waals surface area contributed by atoms with Crippen LogP contribution in [-0.4, -0.2) is 9.13 Å². The zero-order valence-corrected chi connectivity index (χ0v) is 33.7. The van der Waals surface area contributed by atoms with Gasteiger partial charge in [0, 0.05) is 46.0 Å². The minimum atomic E-state index is -0.666. The molecule has 0 N–H and O–H groups in total. The van der Waals surface area contributed by atoms with Gasteiger partial charge in [-0.2, -0.15) is 36.4 Å². The van der Waals surface area contributed by atoms with Gasteiger partial charge in [0.2, 0.25) is 0 Å². The van der Waals surface area contributed by atoms with Crippen LogP contribution in [0.25, 0.3) is 11.4 Å². The first-order valence-corrected chi connectivity index (χ1v) is 18.6. The van der Waals surface area contributed by atoms with E-state index in [9.17, 15) is 17.6 Å². The summed E-state index contributed by atoms with van der Waals surface area (Å²) in [6.45, 7) is 12.5. The van der Waals surface area contributed by atoms with E-state index in [0.717, 1.165) is 74.1 Å². The Morgan fingerprint density at radius 2 is 0.906 bits per heavy atom. The summed E-state index contributed by atoms with van der Waals surface area (Å²) < 4.78 is 58.1. The standard InChI is InChI=1S/2C18H22F2N.2C5H5.Ti/c2*1-4-6-7-14(5-2)17-10-8-13(3)21(17)18-11-9-15(19)12-16(18)20;2*1-2-4-5-3-1;/h2*8-11,14H,4-7H2,1-3H3;2*1-5H;/q4*-1;+4. The fourth-order valence-corrected chi connectivity index (χ4v) is 6.29. The molecule has 2 unspecified atom stereocenters. The van der Waals surface area contributed by atoms with Gasteiger partial charge in [-0.05, 0) is 87.0 Å². The quantitative estimate of drug-likeness (QED) is 0.0668. The Hall–Kier alpha value is -3.87. The SMILES string of the molecule is CCCCC(CC)c1ccc(C)n1-c1ccc(F)[c-]c1F.CCCCC(CC)c1ccc(C)n1-c1ccc(F)[c-]c1F.[Ti+4].c1cc[cH-]c1.c1cc[cH-]c1. The number of hydrogen-bond acceptors (Lipinski definition) is 0. The summed E-state index contributed by atoms with van der Waals surface area (Å²) in [6, 6.07) is 37.9. The zero-order chi connectivity index (χ0) is 37.9. The van der Waals surface area contributed by atoms with Crippen LogP contribution in [0.2, 0.25) is 0 Å². The molecule has 2 aromatic heterocycles. The summed E-state index contributed by atoms with van der Waals surface area (Å²) in [5.41, 5.74) is 4.87. The number of nitrogens with zero attached hydrogens (tertiary/aromatic N) is 2. The molecule has 0 bridgehead atoms. The van der Waals surface area contributed by atoms with Gasteiger partial charge in [-0.1, -0.05) is 53.4 Å². The number of aryl methyl sites for hydroxylation is 2. The van der Waals surface area contributed by atoms with Gasteiger partial charge in [0.15, 0.2) is 0 Å². The Bertz CT molecular complexity index is 1650. The average molecular weight is 759 g/mol. The van der Waals surface area contributed by atoms with E-state index in [1.807, 2.05) is 95.8 Å². The molecule has 0 amide bonds. The van der Waals surface area contributed by atoms with E-state index in [0.29, 0.717) is 23.2 Å². The molecule has 0 saturated carbocycles. The second-order valence-electron chi connectivity index (χ2n) is 12.9. The first kappa shape index (κ1) is 45.3. The second kappa shape index (κ2) is 24.4. The first-order chi connectivity index (χ1) is 25.2. The van der Waals surface area contributed by atoms with E-state index < -0.39 is 23.3 Å². The van der Waals surface area contributed by atoms with E-state index in [-0.39, 0.29) is 21.7 Å². The Labute approximate surface area is 330 Å². The molecule has 6 rings (SSSR count). The summed E-state index contributed by atoms with van der Waals surface area (Å²) in [6.07, 6.45) is 8.79. The van der Waals surface area contributed by atoms with Gasteiger partial charge in [0.1, 0.15) is 0 Å². The number of benzene rings is 2. The van der Waals surface area contributed by atoms with E-state index in [2.05, 4.69) is 52.0 Å². The third kappa shape index (κ3) is 13.8. The molecule has 2 heterocycles. The Morgan fingerprint density at radius 3 is 1.17 bits per heavy atom. The second-order valence-corrected chi connectivity index (χ2v) is 12.9. The summed E-state index contributed by atoms with van der Waals surface area (Å²) in [7, 11) is 0. The maximum absolute atomic E-state index is 14.1. The number of halogens is 4. The molecule has 53 heavy (non-hydrogen) atoms. The monoisotopic (exact) mass is 758 g/mol. The molecule has 6 aromatic rings. The molecule has 4 aromatic carbocycles. The summed E-state index contributed by atoms with van der Waals surface area (Å²) in [5, 5.41) is 0. The molecule has 7 heteroatoms. The predicted octanol–water partition coefficient (Wildman–Crippen LogP) is 13.9. The van der Waals surface area contributed by atoms with Crippen LogP contribution in [0.4, 0.5) is 17.6 Å². The van der Waals surface area contributed by atoms with Gasteiger partial charge in [0.25, 0.3) is 0 Å². The number of hydrogen-bond donors (Lipinski definition) is 0. The van der Waals surface area contributed by atoms with Crippen LogP contribution in [0.3, 0.4) is 0 Å². The van der Waals surface area contributed by atoms with Crippen LogP contribution < -0.4 is 0 Å². The minimum Gasteiger partial charge on any atom is -0.369 e. The van der Waals surface area contributed by atoms with Crippen LogP contribution in [0.1, 0.15) is 114 Å². The Morgan fingerprint density at radius 1 is 0.547 bits per heavy atom. The van der Waals surface area contributed by atoms with Crippen LogP contribution in [0.5, 0.6) is 0 Å². The van der Waals surface area contributed by atoms with Crippen LogP contribution in [0.15, 0.2) is 109 Å². The van der Waals surface area contributed by atoms with Crippen molar-refractivity contribution in [1.82, 2.24) is 9.13 Å². The maximum atomic E-state index is 14.1. The summed E-state index contributed by atoms with van der Waals surface area (Å²) in [4.78, 5) is 0. The predicted molar refractivity (Wildman–Crippen MR) is 208 cm³/mol. The molecule has 280 valence electrons. The molecule has 0 aliphatic rings. The van der Waals surface area contributed by atoms with Crippen molar-refractivity contribution in [3.05, 3.63) is 167 Å². The van der Waals surface area contributed by atoms with Crippen molar-refractivity contribution in [1.29, 1.82) is 0 Å².